The van der Waals surface area contributed by atoms with Crippen LogP contribution in [0.2, 0.25) is 0 Å². The van der Waals surface area contributed by atoms with Crippen molar-refractivity contribution in [2.45, 2.75) is 37.4 Å². The Bertz CT molecular complexity index is 436. The number of nitrogens with zero attached hydrogens (tertiary/aromatic N) is 1. The first kappa shape index (κ1) is 13.9. The van der Waals surface area contributed by atoms with E-state index in [-0.39, 0.29) is 10.6 Å². The van der Waals surface area contributed by atoms with Gasteiger partial charge in [-0.05, 0) is 53.4 Å². The molecule has 1 aromatic rings. The Balaban J connectivity index is 1.97. The lowest BCUT2D eigenvalue weighted by atomic mass is 10.0. The molecule has 98 valence electrons. The molecule has 2 rings (SSSR count). The Labute approximate surface area is 124 Å². The molecule has 1 aliphatic rings. The first-order valence-corrected chi connectivity index (χ1v) is 7.97. The number of rotatable bonds is 4. The second-order valence-corrected chi connectivity index (χ2v) is 6.79. The summed E-state index contributed by atoms with van der Waals surface area (Å²) >= 11 is 3.81. The van der Waals surface area contributed by atoms with Crippen LogP contribution in [0.1, 0.15) is 32.1 Å². The third kappa shape index (κ3) is 4.01. The summed E-state index contributed by atoms with van der Waals surface area (Å²) in [4.78, 5) is 10.4. The average molecular weight is 378 g/mol. The minimum atomic E-state index is -0.349. The molecule has 4 nitrogen and oxygen atoms in total. The number of anilines is 1. The SMILES string of the molecule is O=[N+]([O-])c1cc(I)cc(NSC2CCCCC2)c1. The molecule has 0 heterocycles. The Hall–Kier alpha value is -0.500. The van der Waals surface area contributed by atoms with Gasteiger partial charge in [0.1, 0.15) is 0 Å². The highest BCUT2D eigenvalue weighted by molar-refractivity contribution is 14.1. The third-order valence-electron chi connectivity index (χ3n) is 2.99. The van der Waals surface area contributed by atoms with Crippen LogP contribution in [0.5, 0.6) is 0 Å². The summed E-state index contributed by atoms with van der Waals surface area (Å²) in [5, 5.41) is 11.4. The maximum atomic E-state index is 10.8. The van der Waals surface area contributed by atoms with E-state index < -0.39 is 0 Å². The lowest BCUT2D eigenvalue weighted by molar-refractivity contribution is -0.384. The summed E-state index contributed by atoms with van der Waals surface area (Å²) in [5.41, 5.74) is 0.970. The predicted octanol–water partition coefficient (Wildman–Crippen LogP) is 4.59. The zero-order valence-corrected chi connectivity index (χ0v) is 12.9. The van der Waals surface area contributed by atoms with Crippen LogP contribution < -0.4 is 4.72 Å². The molecule has 1 N–H and O–H groups in total. The molecule has 0 radical (unpaired) electrons. The zero-order chi connectivity index (χ0) is 13.0. The third-order valence-corrected chi connectivity index (χ3v) is 4.77. The lowest BCUT2D eigenvalue weighted by Crippen LogP contribution is -2.10. The summed E-state index contributed by atoms with van der Waals surface area (Å²) < 4.78 is 4.14. The van der Waals surface area contributed by atoms with Crippen molar-refractivity contribution in [1.29, 1.82) is 0 Å². The summed E-state index contributed by atoms with van der Waals surface area (Å²) in [6.07, 6.45) is 6.41. The molecule has 0 aliphatic heterocycles. The van der Waals surface area contributed by atoms with Gasteiger partial charge in [-0.15, -0.1) is 0 Å². The van der Waals surface area contributed by atoms with Crippen LogP contribution >= 0.6 is 34.5 Å². The van der Waals surface area contributed by atoms with Crippen LogP contribution in [0, 0.1) is 13.7 Å². The zero-order valence-electron chi connectivity index (χ0n) is 9.89. The minimum absolute atomic E-state index is 0.147. The van der Waals surface area contributed by atoms with Gasteiger partial charge in [0.2, 0.25) is 0 Å². The fraction of sp³-hybridized carbons (Fsp3) is 0.500. The number of nitro benzene ring substituents is 1. The van der Waals surface area contributed by atoms with Crippen molar-refractivity contribution in [1.82, 2.24) is 0 Å². The van der Waals surface area contributed by atoms with E-state index in [2.05, 4.69) is 27.3 Å². The van der Waals surface area contributed by atoms with E-state index in [1.807, 2.05) is 6.07 Å². The number of nitrogens with one attached hydrogen (secondary N) is 1. The summed E-state index contributed by atoms with van der Waals surface area (Å²) in [6, 6.07) is 5.11. The Morgan fingerprint density at radius 2 is 2.00 bits per heavy atom. The first-order chi connectivity index (χ1) is 8.65. The van der Waals surface area contributed by atoms with Crippen LogP contribution in [-0.4, -0.2) is 10.2 Å². The van der Waals surface area contributed by atoms with E-state index in [9.17, 15) is 10.1 Å². The van der Waals surface area contributed by atoms with Crippen LogP contribution in [0.3, 0.4) is 0 Å². The number of benzene rings is 1. The molecule has 1 aromatic carbocycles. The summed E-state index contributed by atoms with van der Waals surface area (Å²) in [7, 11) is 0. The lowest BCUT2D eigenvalue weighted by Gasteiger charge is -2.21. The first-order valence-electron chi connectivity index (χ1n) is 6.02. The Morgan fingerprint density at radius 1 is 1.28 bits per heavy atom. The van der Waals surface area contributed by atoms with E-state index in [0.717, 1.165) is 9.26 Å². The average Bonchev–Trinajstić information content (AvgIpc) is 2.37. The second-order valence-electron chi connectivity index (χ2n) is 4.44. The van der Waals surface area contributed by atoms with Crippen LogP contribution in [0.15, 0.2) is 18.2 Å². The number of nitro groups is 1. The van der Waals surface area contributed by atoms with Crippen molar-refractivity contribution >= 4 is 45.9 Å². The van der Waals surface area contributed by atoms with Gasteiger partial charge < -0.3 is 4.72 Å². The number of hydrogen-bond acceptors (Lipinski definition) is 4. The molecule has 1 fully saturated rings. The van der Waals surface area contributed by atoms with Crippen molar-refractivity contribution in [2.75, 3.05) is 4.72 Å². The van der Waals surface area contributed by atoms with E-state index in [1.54, 1.807) is 24.1 Å². The summed E-state index contributed by atoms with van der Waals surface area (Å²) in [6.45, 7) is 0. The Morgan fingerprint density at radius 3 is 2.67 bits per heavy atom. The minimum Gasteiger partial charge on any atom is -0.329 e. The fourth-order valence-electron chi connectivity index (χ4n) is 2.07. The van der Waals surface area contributed by atoms with Gasteiger partial charge in [0.05, 0.1) is 10.6 Å². The van der Waals surface area contributed by atoms with Crippen molar-refractivity contribution < 1.29 is 4.92 Å². The van der Waals surface area contributed by atoms with Gasteiger partial charge in [-0.2, -0.15) is 0 Å². The van der Waals surface area contributed by atoms with E-state index in [0.29, 0.717) is 5.25 Å². The largest absolute Gasteiger partial charge is 0.329 e. The molecule has 0 amide bonds. The van der Waals surface area contributed by atoms with Gasteiger partial charge in [0.15, 0.2) is 0 Å². The number of non-ortho nitro benzene ring substituents is 1. The number of halogens is 1. The smallest absolute Gasteiger partial charge is 0.272 e. The standard InChI is InChI=1S/C12H15IN2O2S/c13-9-6-10(8-11(7-9)15(16)17)14-18-12-4-2-1-3-5-12/h6-8,12,14H,1-5H2. The molecular formula is C12H15IN2O2S. The molecule has 18 heavy (non-hydrogen) atoms. The van der Waals surface area contributed by atoms with Crippen molar-refractivity contribution in [2.24, 2.45) is 0 Å². The normalized spacial score (nSPS) is 16.5. The maximum Gasteiger partial charge on any atom is 0.272 e. The highest BCUT2D eigenvalue weighted by atomic mass is 127. The highest BCUT2D eigenvalue weighted by Gasteiger charge is 2.15. The van der Waals surface area contributed by atoms with E-state index in [1.165, 1.54) is 32.1 Å². The van der Waals surface area contributed by atoms with Crippen LogP contribution in [-0.2, 0) is 0 Å². The molecule has 1 saturated carbocycles. The van der Waals surface area contributed by atoms with Crippen LogP contribution in [0.25, 0.3) is 0 Å². The maximum absolute atomic E-state index is 10.8. The van der Waals surface area contributed by atoms with Crippen molar-refractivity contribution in [3.05, 3.63) is 31.9 Å². The van der Waals surface area contributed by atoms with Gasteiger partial charge in [0.25, 0.3) is 5.69 Å². The molecule has 1 aliphatic carbocycles. The van der Waals surface area contributed by atoms with E-state index in [4.69, 9.17) is 0 Å². The predicted molar refractivity (Wildman–Crippen MR) is 83.9 cm³/mol. The second kappa shape index (κ2) is 6.60. The number of hydrogen-bond donors (Lipinski definition) is 1. The fourth-order valence-corrected chi connectivity index (χ4v) is 3.72. The molecule has 0 bridgehead atoms. The summed E-state index contributed by atoms with van der Waals surface area (Å²) in [5.74, 6) is 0. The monoisotopic (exact) mass is 378 g/mol. The van der Waals surface area contributed by atoms with Crippen molar-refractivity contribution in [3.63, 3.8) is 0 Å². The highest BCUT2D eigenvalue weighted by Crippen LogP contribution is 2.30. The van der Waals surface area contributed by atoms with Crippen LogP contribution in [0.4, 0.5) is 11.4 Å². The molecule has 0 unspecified atom stereocenters. The molecular weight excluding hydrogens is 363 g/mol. The van der Waals surface area contributed by atoms with Crippen molar-refractivity contribution in [3.8, 4) is 0 Å². The van der Waals surface area contributed by atoms with Gasteiger partial charge >= 0.3 is 0 Å². The molecule has 0 spiro atoms. The molecule has 0 saturated heterocycles. The van der Waals surface area contributed by atoms with Gasteiger partial charge in [-0.1, -0.05) is 19.3 Å². The topological polar surface area (TPSA) is 55.2 Å². The Kier molecular flexibility index (Phi) is 5.11. The van der Waals surface area contributed by atoms with Gasteiger partial charge in [-0.25, -0.2) is 0 Å². The molecule has 6 heteroatoms. The van der Waals surface area contributed by atoms with E-state index >= 15 is 0 Å². The van der Waals surface area contributed by atoms with Gasteiger partial charge in [0, 0.05) is 21.0 Å². The molecule has 0 atom stereocenters. The molecule has 0 aromatic heterocycles. The quantitative estimate of drug-likeness (QED) is 0.360. The van der Waals surface area contributed by atoms with Gasteiger partial charge in [-0.3, -0.25) is 10.1 Å².